The highest BCUT2D eigenvalue weighted by molar-refractivity contribution is 5.31. The maximum atomic E-state index is 10.7. The van der Waals surface area contributed by atoms with E-state index >= 15 is 0 Å². The molecule has 1 heterocycles. The molecule has 2 aromatic rings. The lowest BCUT2D eigenvalue weighted by atomic mass is 9.72. The molecule has 0 saturated carbocycles. The Kier molecular flexibility index (Phi) is 9.20. The van der Waals surface area contributed by atoms with Crippen LogP contribution in [0.3, 0.4) is 0 Å². The van der Waals surface area contributed by atoms with Gasteiger partial charge in [-0.3, -0.25) is 0 Å². The number of hydrogen-bond acceptors (Lipinski definition) is 3. The lowest BCUT2D eigenvalue weighted by Crippen LogP contribution is -2.50. The first-order valence-corrected chi connectivity index (χ1v) is 13.0. The van der Waals surface area contributed by atoms with Gasteiger partial charge in [0.1, 0.15) is 31.5 Å². The molecule has 1 aliphatic heterocycles. The van der Waals surface area contributed by atoms with Crippen LogP contribution in [0.25, 0.3) is 0 Å². The third-order valence-electron chi connectivity index (χ3n) is 6.89. The smallest absolute Gasteiger partial charge is 0.126 e. The molecule has 1 N–H and O–H groups in total. The molecule has 0 bridgehead atoms. The Morgan fingerprint density at radius 3 is 2.15 bits per heavy atom. The normalized spacial score (nSPS) is 17.0. The predicted molar refractivity (Wildman–Crippen MR) is 140 cm³/mol. The van der Waals surface area contributed by atoms with Gasteiger partial charge >= 0.3 is 0 Å². The minimum atomic E-state index is -0.453. The molecule has 1 aliphatic rings. The molecule has 0 amide bonds. The van der Waals surface area contributed by atoms with Gasteiger partial charge in [0.05, 0.1) is 26.3 Å². The van der Waals surface area contributed by atoms with Crippen LogP contribution >= 0.6 is 0 Å². The highest BCUT2D eigenvalue weighted by atomic mass is 16.5. The number of aliphatic hydroxyl groups is 1. The van der Waals surface area contributed by atoms with Crippen LogP contribution < -0.4 is 4.74 Å². The number of ether oxygens (including phenoxy) is 2. The molecule has 1 unspecified atom stereocenters. The van der Waals surface area contributed by atoms with E-state index in [4.69, 9.17) is 9.47 Å². The number of nitrogens with zero attached hydrogens (tertiary/aromatic N) is 1. The van der Waals surface area contributed by atoms with Gasteiger partial charge in [0, 0.05) is 18.4 Å². The van der Waals surface area contributed by atoms with Crippen molar-refractivity contribution in [1.29, 1.82) is 0 Å². The summed E-state index contributed by atoms with van der Waals surface area (Å²) in [4.78, 5) is 0. The van der Waals surface area contributed by atoms with Crippen molar-refractivity contribution in [1.82, 2.24) is 0 Å². The number of benzene rings is 2. The van der Waals surface area contributed by atoms with Crippen molar-refractivity contribution < 1.29 is 19.1 Å². The third-order valence-corrected chi connectivity index (χ3v) is 6.89. The van der Waals surface area contributed by atoms with Crippen molar-refractivity contribution >= 4 is 0 Å². The second kappa shape index (κ2) is 11.7. The molecule has 1 atom stereocenters. The molecule has 1 fully saturated rings. The SMILES string of the molecule is CC(C)(C)CC(C)(C)c1ccc(OCCOCC(O)C[N+]2(Cc3ccccc3)CCCC2)cc1. The minimum Gasteiger partial charge on any atom is -0.491 e. The van der Waals surface area contributed by atoms with E-state index in [0.29, 0.717) is 25.2 Å². The van der Waals surface area contributed by atoms with E-state index in [9.17, 15) is 5.11 Å². The standard InChI is InChI=1S/C30H46NO3/c1-29(2,3)24-30(4,5)26-13-15-28(16-14-26)34-20-19-33-23-27(32)22-31(17-9-10-18-31)21-25-11-7-6-8-12-25/h6-8,11-16,27,32H,9-10,17-24H2,1-5H3/q+1. The molecule has 3 rings (SSSR count). The van der Waals surface area contributed by atoms with Crippen molar-refractivity contribution in [2.75, 3.05) is 39.5 Å². The number of hydrogen-bond donors (Lipinski definition) is 1. The molecule has 4 heteroatoms. The van der Waals surface area contributed by atoms with Gasteiger partial charge in [0.2, 0.25) is 0 Å². The van der Waals surface area contributed by atoms with Gasteiger partial charge in [-0.2, -0.15) is 0 Å². The maximum absolute atomic E-state index is 10.7. The summed E-state index contributed by atoms with van der Waals surface area (Å²) in [7, 11) is 0. The molecular formula is C30H46NO3+. The zero-order valence-corrected chi connectivity index (χ0v) is 22.1. The summed E-state index contributed by atoms with van der Waals surface area (Å²) in [6, 6.07) is 19.1. The van der Waals surface area contributed by atoms with Crippen molar-refractivity contribution in [2.24, 2.45) is 5.41 Å². The monoisotopic (exact) mass is 468 g/mol. The van der Waals surface area contributed by atoms with Crippen molar-refractivity contribution in [3.63, 3.8) is 0 Å². The average Bonchev–Trinajstić information content (AvgIpc) is 3.20. The van der Waals surface area contributed by atoms with Crippen LogP contribution in [0.2, 0.25) is 0 Å². The Labute approximate surface area is 207 Å². The Balaban J connectivity index is 1.39. The molecule has 0 aliphatic carbocycles. The van der Waals surface area contributed by atoms with Gasteiger partial charge in [-0.05, 0) is 34.9 Å². The van der Waals surface area contributed by atoms with E-state index in [1.807, 2.05) is 0 Å². The first-order valence-electron chi connectivity index (χ1n) is 13.0. The van der Waals surface area contributed by atoms with Gasteiger partial charge in [0.25, 0.3) is 0 Å². The summed E-state index contributed by atoms with van der Waals surface area (Å²) in [5, 5.41) is 10.7. The molecule has 34 heavy (non-hydrogen) atoms. The summed E-state index contributed by atoms with van der Waals surface area (Å²) in [6.07, 6.45) is 3.15. The lowest BCUT2D eigenvalue weighted by Gasteiger charge is -2.36. The zero-order valence-electron chi connectivity index (χ0n) is 22.1. The van der Waals surface area contributed by atoms with E-state index in [2.05, 4.69) is 89.2 Å². The van der Waals surface area contributed by atoms with Gasteiger partial charge in [-0.15, -0.1) is 0 Å². The fourth-order valence-electron chi connectivity index (χ4n) is 5.75. The van der Waals surface area contributed by atoms with Gasteiger partial charge in [0.15, 0.2) is 0 Å². The summed E-state index contributed by atoms with van der Waals surface area (Å²) in [5.41, 5.74) is 3.10. The summed E-state index contributed by atoms with van der Waals surface area (Å²) < 4.78 is 12.6. The summed E-state index contributed by atoms with van der Waals surface area (Å²) in [5.74, 6) is 0.865. The van der Waals surface area contributed by atoms with Crippen molar-refractivity contribution in [3.05, 3.63) is 65.7 Å². The molecule has 2 aromatic carbocycles. The molecular weight excluding hydrogens is 422 g/mol. The van der Waals surface area contributed by atoms with E-state index in [-0.39, 0.29) is 5.41 Å². The topological polar surface area (TPSA) is 38.7 Å². The van der Waals surface area contributed by atoms with Crippen LogP contribution in [0, 0.1) is 5.41 Å². The molecule has 1 saturated heterocycles. The molecule has 0 aromatic heterocycles. The van der Waals surface area contributed by atoms with E-state index in [0.717, 1.165) is 42.8 Å². The first-order chi connectivity index (χ1) is 16.1. The minimum absolute atomic E-state index is 0.131. The average molecular weight is 469 g/mol. The Bertz CT molecular complexity index is 849. The third kappa shape index (κ3) is 8.41. The van der Waals surface area contributed by atoms with Crippen molar-refractivity contribution in [2.45, 2.75) is 71.9 Å². The molecule has 188 valence electrons. The first kappa shape index (κ1) is 26.7. The molecule has 0 spiro atoms. The molecule has 0 radical (unpaired) electrons. The Morgan fingerprint density at radius 2 is 1.53 bits per heavy atom. The number of likely N-dealkylation sites (tertiary alicyclic amines) is 1. The van der Waals surface area contributed by atoms with Gasteiger partial charge in [-0.1, -0.05) is 77.1 Å². The second-order valence-electron chi connectivity index (χ2n) is 12.0. The number of aliphatic hydroxyl groups excluding tert-OH is 1. The fourth-order valence-corrected chi connectivity index (χ4v) is 5.75. The largest absolute Gasteiger partial charge is 0.491 e. The number of rotatable bonds is 12. The second-order valence-corrected chi connectivity index (χ2v) is 12.0. The lowest BCUT2D eigenvalue weighted by molar-refractivity contribution is -0.932. The maximum Gasteiger partial charge on any atom is 0.126 e. The van der Waals surface area contributed by atoms with Crippen LogP contribution in [0.5, 0.6) is 5.75 Å². The van der Waals surface area contributed by atoms with Crippen LogP contribution in [0.15, 0.2) is 54.6 Å². The van der Waals surface area contributed by atoms with Crippen LogP contribution in [0.4, 0.5) is 0 Å². The fraction of sp³-hybridized carbons (Fsp3) is 0.600. The highest BCUT2D eigenvalue weighted by Gasteiger charge is 2.34. The Morgan fingerprint density at radius 1 is 0.882 bits per heavy atom. The van der Waals surface area contributed by atoms with Crippen LogP contribution in [-0.4, -0.2) is 55.1 Å². The summed E-state index contributed by atoms with van der Waals surface area (Å²) >= 11 is 0. The van der Waals surface area contributed by atoms with E-state index < -0.39 is 6.10 Å². The van der Waals surface area contributed by atoms with Gasteiger partial charge < -0.3 is 19.1 Å². The van der Waals surface area contributed by atoms with Crippen molar-refractivity contribution in [3.8, 4) is 5.75 Å². The van der Waals surface area contributed by atoms with Crippen LogP contribution in [0.1, 0.15) is 65.0 Å². The summed E-state index contributed by atoms with van der Waals surface area (Å²) in [6.45, 7) is 16.8. The predicted octanol–water partition coefficient (Wildman–Crippen LogP) is 5.97. The number of quaternary nitrogens is 1. The van der Waals surface area contributed by atoms with E-state index in [1.165, 1.54) is 24.0 Å². The molecule has 4 nitrogen and oxygen atoms in total. The Hall–Kier alpha value is -1.88. The van der Waals surface area contributed by atoms with Crippen LogP contribution in [-0.2, 0) is 16.7 Å². The van der Waals surface area contributed by atoms with E-state index in [1.54, 1.807) is 0 Å². The zero-order chi connectivity index (χ0) is 24.7. The highest BCUT2D eigenvalue weighted by Crippen LogP contribution is 2.36. The quantitative estimate of drug-likeness (QED) is 0.308. The van der Waals surface area contributed by atoms with Gasteiger partial charge in [-0.25, -0.2) is 0 Å².